The molecular weight excluding hydrogens is 486 g/mol. The van der Waals surface area contributed by atoms with Crippen LogP contribution in [-0.2, 0) is 9.53 Å². The lowest BCUT2D eigenvalue weighted by molar-refractivity contribution is -0.122. The van der Waals surface area contributed by atoms with E-state index in [1.165, 1.54) is 0 Å². The van der Waals surface area contributed by atoms with E-state index in [-0.39, 0.29) is 23.9 Å². The molecule has 2 heterocycles. The normalized spacial score (nSPS) is 20.6. The third-order valence-corrected chi connectivity index (χ3v) is 7.19. The van der Waals surface area contributed by atoms with Gasteiger partial charge in [0.15, 0.2) is 10.9 Å². The zero-order chi connectivity index (χ0) is 24.8. The van der Waals surface area contributed by atoms with Crippen molar-refractivity contribution in [3.05, 3.63) is 35.0 Å². The molecule has 188 valence electrons. The lowest BCUT2D eigenvalue weighted by Crippen LogP contribution is -2.33. The Morgan fingerprint density at radius 2 is 1.74 bits per heavy atom. The Kier molecular flexibility index (Phi) is 8.59. The molecule has 1 amide bonds. The van der Waals surface area contributed by atoms with E-state index in [2.05, 4.69) is 26.3 Å². The summed E-state index contributed by atoms with van der Waals surface area (Å²) >= 11 is 11.8. The molecule has 0 unspecified atom stereocenters. The zero-order valence-corrected chi connectivity index (χ0v) is 21.3. The van der Waals surface area contributed by atoms with Gasteiger partial charge in [-0.05, 0) is 75.4 Å². The van der Waals surface area contributed by atoms with Crippen molar-refractivity contribution in [2.24, 2.45) is 11.7 Å². The highest BCUT2D eigenvalue weighted by Gasteiger charge is 2.26. The van der Waals surface area contributed by atoms with Gasteiger partial charge in [-0.2, -0.15) is 4.98 Å². The van der Waals surface area contributed by atoms with Crippen LogP contribution in [0.2, 0.25) is 5.02 Å². The van der Waals surface area contributed by atoms with Crippen LogP contribution >= 0.6 is 23.8 Å². The highest BCUT2D eigenvalue weighted by molar-refractivity contribution is 7.80. The van der Waals surface area contributed by atoms with Crippen molar-refractivity contribution in [2.75, 3.05) is 34.5 Å². The van der Waals surface area contributed by atoms with Crippen molar-refractivity contribution in [1.82, 2.24) is 9.97 Å². The second-order valence-corrected chi connectivity index (χ2v) is 9.89. The van der Waals surface area contributed by atoms with E-state index in [1.807, 2.05) is 25.1 Å². The number of nitrogens with zero attached hydrogens (tertiary/aromatic N) is 2. The molecule has 1 aromatic carbocycles. The minimum Gasteiger partial charge on any atom is -0.381 e. The summed E-state index contributed by atoms with van der Waals surface area (Å²) < 4.78 is 5.45. The maximum atomic E-state index is 11.5. The summed E-state index contributed by atoms with van der Waals surface area (Å²) in [5, 5.41) is 14.5. The molecule has 1 aliphatic carbocycles. The van der Waals surface area contributed by atoms with Gasteiger partial charge in [0.1, 0.15) is 5.69 Å². The fraction of sp³-hybridized carbons (Fsp3) is 0.500. The molecule has 1 aliphatic heterocycles. The van der Waals surface area contributed by atoms with E-state index >= 15 is 0 Å². The fourth-order valence-electron chi connectivity index (χ4n) is 4.41. The van der Waals surface area contributed by atoms with Crippen molar-refractivity contribution in [2.45, 2.75) is 57.5 Å². The summed E-state index contributed by atoms with van der Waals surface area (Å²) in [4.78, 5) is 20.8. The molecule has 1 saturated heterocycles. The molecule has 0 spiro atoms. The van der Waals surface area contributed by atoms with Gasteiger partial charge in [0.2, 0.25) is 11.9 Å². The van der Waals surface area contributed by atoms with E-state index in [0.717, 1.165) is 63.0 Å². The number of ether oxygens (including phenoxy) is 1. The van der Waals surface area contributed by atoms with Crippen LogP contribution in [-0.4, -0.2) is 46.3 Å². The summed E-state index contributed by atoms with van der Waals surface area (Å²) in [6.45, 7) is 3.39. The lowest BCUT2D eigenvalue weighted by Gasteiger charge is -2.29. The van der Waals surface area contributed by atoms with Crippen molar-refractivity contribution in [1.29, 1.82) is 0 Å². The molecule has 4 rings (SSSR count). The van der Waals surface area contributed by atoms with Gasteiger partial charge in [0.05, 0.1) is 6.20 Å². The number of nitrogens with two attached hydrogens (primary N) is 1. The maximum Gasteiger partial charge on any atom is 0.224 e. The molecule has 11 heteroatoms. The molecule has 0 radical (unpaired) electrons. The van der Waals surface area contributed by atoms with Crippen LogP contribution in [0.5, 0.6) is 0 Å². The van der Waals surface area contributed by atoms with Crippen molar-refractivity contribution in [3.8, 4) is 0 Å². The van der Waals surface area contributed by atoms with Gasteiger partial charge in [0.25, 0.3) is 0 Å². The summed E-state index contributed by atoms with van der Waals surface area (Å²) in [7, 11) is 0. The standard InChI is InChI=1S/C24H32ClN7O2S/c1-14-18(25)3-2-4-19(14)30-24(35)31-20-13-27-23(29-17-9-11-34-12-10-17)32-22(20)28-16-7-5-15(6-8-16)21(26)33/h2-4,13,15-17H,5-12H2,1H3,(H2,26,33)(H2,30,31,35)(H2,27,28,29,32)/t15-,16+. The smallest absolute Gasteiger partial charge is 0.224 e. The van der Waals surface area contributed by atoms with E-state index in [0.29, 0.717) is 27.6 Å². The molecule has 1 saturated carbocycles. The van der Waals surface area contributed by atoms with Crippen LogP contribution in [0.25, 0.3) is 0 Å². The summed E-state index contributed by atoms with van der Waals surface area (Å²) in [6.07, 6.45) is 6.76. The van der Waals surface area contributed by atoms with Crippen molar-refractivity contribution < 1.29 is 9.53 Å². The molecule has 9 nitrogen and oxygen atoms in total. The third-order valence-electron chi connectivity index (χ3n) is 6.58. The molecule has 2 fully saturated rings. The van der Waals surface area contributed by atoms with Gasteiger partial charge in [-0.25, -0.2) is 4.98 Å². The van der Waals surface area contributed by atoms with Gasteiger partial charge < -0.3 is 31.7 Å². The van der Waals surface area contributed by atoms with Gasteiger partial charge >= 0.3 is 0 Å². The Bertz CT molecular complexity index is 1060. The van der Waals surface area contributed by atoms with Crippen molar-refractivity contribution in [3.63, 3.8) is 0 Å². The summed E-state index contributed by atoms with van der Waals surface area (Å²) in [5.74, 6) is 0.937. The molecule has 2 aliphatic rings. The van der Waals surface area contributed by atoms with E-state index in [1.54, 1.807) is 6.20 Å². The molecule has 35 heavy (non-hydrogen) atoms. The van der Waals surface area contributed by atoms with Gasteiger partial charge in [-0.1, -0.05) is 17.7 Å². The highest BCUT2D eigenvalue weighted by Crippen LogP contribution is 2.29. The van der Waals surface area contributed by atoms with Gasteiger partial charge in [-0.15, -0.1) is 0 Å². The average molecular weight is 518 g/mol. The zero-order valence-electron chi connectivity index (χ0n) is 19.8. The minimum atomic E-state index is -0.219. The van der Waals surface area contributed by atoms with Crippen LogP contribution in [0.15, 0.2) is 24.4 Å². The van der Waals surface area contributed by atoms with E-state index in [9.17, 15) is 4.79 Å². The summed E-state index contributed by atoms with van der Waals surface area (Å²) in [5.41, 5.74) is 7.90. The fourth-order valence-corrected chi connectivity index (χ4v) is 4.81. The number of nitrogens with one attached hydrogen (secondary N) is 4. The Labute approximate surface area is 216 Å². The number of rotatable bonds is 7. The number of carbonyl (C=O) groups is 1. The van der Waals surface area contributed by atoms with Crippen LogP contribution < -0.4 is 27.0 Å². The second-order valence-electron chi connectivity index (χ2n) is 9.07. The van der Waals surface area contributed by atoms with Crippen LogP contribution in [0, 0.1) is 12.8 Å². The number of thiocarbonyl (C=S) groups is 1. The SMILES string of the molecule is Cc1c(Cl)cccc1NC(=S)Nc1cnc(NC2CCOCC2)nc1N[C@H]1CC[C@@H](C(N)=O)CC1. The van der Waals surface area contributed by atoms with Gasteiger partial charge in [0, 0.05) is 41.9 Å². The number of hydrogen-bond acceptors (Lipinski definition) is 7. The Hall–Kier alpha value is -2.69. The number of carbonyl (C=O) groups excluding carboxylic acids is 1. The predicted molar refractivity (Wildman–Crippen MR) is 144 cm³/mol. The summed E-state index contributed by atoms with van der Waals surface area (Å²) in [6, 6.07) is 6.08. The number of aromatic nitrogens is 2. The number of primary amides is 1. The van der Waals surface area contributed by atoms with E-state index < -0.39 is 0 Å². The first-order chi connectivity index (χ1) is 16.9. The highest BCUT2D eigenvalue weighted by atomic mass is 35.5. The number of amides is 1. The lowest BCUT2D eigenvalue weighted by atomic mass is 9.85. The third kappa shape index (κ3) is 6.93. The second kappa shape index (κ2) is 11.8. The largest absolute Gasteiger partial charge is 0.381 e. The molecule has 2 aromatic rings. The Morgan fingerprint density at radius 3 is 2.46 bits per heavy atom. The van der Waals surface area contributed by atoms with Crippen LogP contribution in [0.1, 0.15) is 44.1 Å². The molecule has 0 atom stereocenters. The first kappa shape index (κ1) is 25.4. The molecule has 1 aromatic heterocycles. The van der Waals surface area contributed by atoms with Gasteiger partial charge in [-0.3, -0.25) is 4.79 Å². The molecule has 6 N–H and O–H groups in total. The number of hydrogen-bond donors (Lipinski definition) is 5. The van der Waals surface area contributed by atoms with Crippen LogP contribution in [0.3, 0.4) is 0 Å². The maximum absolute atomic E-state index is 11.5. The number of anilines is 4. The number of benzene rings is 1. The Morgan fingerprint density at radius 1 is 1.06 bits per heavy atom. The van der Waals surface area contributed by atoms with Crippen molar-refractivity contribution >= 4 is 58.0 Å². The minimum absolute atomic E-state index is 0.0560. The number of halogens is 1. The first-order valence-electron chi connectivity index (χ1n) is 12.0. The predicted octanol–water partition coefficient (Wildman–Crippen LogP) is 4.29. The topological polar surface area (TPSA) is 126 Å². The average Bonchev–Trinajstić information content (AvgIpc) is 2.84. The van der Waals surface area contributed by atoms with Crippen LogP contribution in [0.4, 0.5) is 23.1 Å². The molecule has 0 bridgehead atoms. The Balaban J connectivity index is 1.48. The van der Waals surface area contributed by atoms with E-state index in [4.69, 9.17) is 39.3 Å². The quantitative estimate of drug-likeness (QED) is 0.342. The first-order valence-corrected chi connectivity index (χ1v) is 12.8. The molecular formula is C24H32ClN7O2S. The monoisotopic (exact) mass is 517 g/mol.